The maximum atomic E-state index is 13.5. The van der Waals surface area contributed by atoms with E-state index < -0.39 is 36.1 Å². The predicted octanol–water partition coefficient (Wildman–Crippen LogP) is 5.34. The second-order valence-electron chi connectivity index (χ2n) is 14.1. The molecule has 0 saturated carbocycles. The number of nitriles is 1. The van der Waals surface area contributed by atoms with Gasteiger partial charge in [0, 0.05) is 50.7 Å². The van der Waals surface area contributed by atoms with E-state index in [1.165, 1.54) is 48.8 Å². The number of fused-ring (bicyclic) bond motifs is 2. The molecule has 0 aliphatic carbocycles. The van der Waals surface area contributed by atoms with Crippen LogP contribution in [0.5, 0.6) is 0 Å². The summed E-state index contributed by atoms with van der Waals surface area (Å²) in [6.07, 6.45) is 3.90. The number of methoxy groups -OCH3 is 2. The molecule has 0 radical (unpaired) electrons. The molecule has 1 aliphatic rings. The quantitative estimate of drug-likeness (QED) is 0.115. The van der Waals surface area contributed by atoms with Gasteiger partial charge in [0.05, 0.1) is 72.2 Å². The number of rotatable bonds is 13. The number of carbonyl (C=O) groups excluding carboxylic acids is 2. The summed E-state index contributed by atoms with van der Waals surface area (Å²) in [4.78, 5) is 42.2. The largest absolute Gasteiger partial charge is 0.433 e. The number of nitrogens with one attached hydrogen (secondary N) is 4. The number of amides is 4. The number of hydrogen-bond acceptors (Lipinski definition) is 13. The molecular weight excluding hydrogens is 802 g/mol. The number of ether oxygens (including phenoxy) is 2. The van der Waals surface area contributed by atoms with Gasteiger partial charge in [0.2, 0.25) is 0 Å². The minimum absolute atomic E-state index is 0.0792. The van der Waals surface area contributed by atoms with Gasteiger partial charge in [-0.15, -0.1) is 4.80 Å². The van der Waals surface area contributed by atoms with Crippen LogP contribution in [0.3, 0.4) is 0 Å². The second-order valence-corrected chi connectivity index (χ2v) is 14.1. The second kappa shape index (κ2) is 17.4. The molecule has 4 N–H and O–H groups in total. The van der Waals surface area contributed by atoms with Crippen molar-refractivity contribution in [3.05, 3.63) is 96.4 Å². The summed E-state index contributed by atoms with van der Waals surface area (Å²) < 4.78 is 55.4. The van der Waals surface area contributed by atoms with Crippen molar-refractivity contribution in [2.45, 2.75) is 39.2 Å². The van der Waals surface area contributed by atoms with Gasteiger partial charge in [-0.1, -0.05) is 20.8 Å². The molecule has 0 spiro atoms. The van der Waals surface area contributed by atoms with Crippen molar-refractivity contribution in [3.63, 3.8) is 0 Å². The molecule has 0 fully saturated rings. The third-order valence-corrected chi connectivity index (χ3v) is 9.64. The molecule has 1 aliphatic heterocycles. The average molecular weight is 841 g/mol. The summed E-state index contributed by atoms with van der Waals surface area (Å²) >= 11 is 0. The fraction of sp³-hybridized carbons (Fsp3) is 0.316. The van der Waals surface area contributed by atoms with Crippen LogP contribution in [0.2, 0.25) is 0 Å². The van der Waals surface area contributed by atoms with E-state index in [0.29, 0.717) is 35.1 Å². The topological polar surface area (TPSA) is 232 Å². The molecule has 7 rings (SSSR count). The van der Waals surface area contributed by atoms with Gasteiger partial charge in [0.25, 0.3) is 0 Å². The summed E-state index contributed by atoms with van der Waals surface area (Å²) in [6, 6.07) is 7.53. The van der Waals surface area contributed by atoms with E-state index in [-0.39, 0.29) is 46.8 Å². The maximum absolute atomic E-state index is 13.5. The van der Waals surface area contributed by atoms with Crippen LogP contribution in [0.15, 0.2) is 79.4 Å². The van der Waals surface area contributed by atoms with Gasteiger partial charge in [0.1, 0.15) is 35.4 Å². The Labute approximate surface area is 345 Å². The first-order valence-corrected chi connectivity index (χ1v) is 18.7. The number of halogens is 3. The Bertz CT molecular complexity index is 2620. The zero-order valence-electron chi connectivity index (χ0n) is 33.3. The normalized spacial score (nSPS) is 14.3. The molecule has 6 aromatic rings. The molecule has 61 heavy (non-hydrogen) atoms. The number of hydrogen-bond donors (Lipinski definition) is 4. The van der Waals surface area contributed by atoms with E-state index in [2.05, 4.69) is 56.6 Å². The van der Waals surface area contributed by atoms with Crippen molar-refractivity contribution < 1.29 is 32.2 Å². The lowest BCUT2D eigenvalue weighted by Gasteiger charge is -2.38. The highest BCUT2D eigenvalue weighted by molar-refractivity contribution is 6.00. The standard InChI is InChI=1S/C38H39F3N16O4/c1-21(2)33(60-4)32-27(53-36(58)50-24-6-9-43-28(15-24)38(39,40)41)20-54(30-8-11-47-56(30)32)19-22(3)34(61-5)31-26(18-44-29-7-10-46-55(29)31)52-37(59)51-25-14-23(16-42)35(45-17-25)57-48-12-13-49-57/h6-15,17-18,21-22,33-34H,19-20H2,1-5H3,(H2,51,52,59)(H2,43,50,53,58). The van der Waals surface area contributed by atoms with Gasteiger partial charge < -0.3 is 35.6 Å². The van der Waals surface area contributed by atoms with E-state index in [4.69, 9.17) is 9.47 Å². The number of carbonyl (C=O) groups is 2. The molecule has 0 saturated heterocycles. The van der Waals surface area contributed by atoms with Crippen LogP contribution in [-0.4, -0.2) is 94.8 Å². The lowest BCUT2D eigenvalue weighted by atomic mass is 9.97. The SMILES string of the molecule is COC(C1=C(NC(=O)Nc2ccnc(C(F)(F)F)c2)CN(CC(C)C(OC)c2c(NC(=O)Nc3cnc(-n4nccn4)c(C#N)c3)cnc3ccnn23)c2ccnn21)C(C)C. The highest BCUT2D eigenvalue weighted by Gasteiger charge is 2.36. The van der Waals surface area contributed by atoms with E-state index in [9.17, 15) is 28.0 Å². The third-order valence-electron chi connectivity index (χ3n) is 9.64. The summed E-state index contributed by atoms with van der Waals surface area (Å²) in [5.41, 5.74) is 1.24. The van der Waals surface area contributed by atoms with E-state index >= 15 is 0 Å². The average Bonchev–Trinajstić information content (AvgIpc) is 4.03. The van der Waals surface area contributed by atoms with Crippen LogP contribution < -0.4 is 26.2 Å². The number of urea groups is 2. The Morgan fingerprint density at radius 2 is 1.56 bits per heavy atom. The van der Waals surface area contributed by atoms with Crippen molar-refractivity contribution >= 4 is 46.3 Å². The first-order valence-electron chi connectivity index (χ1n) is 18.7. The maximum Gasteiger partial charge on any atom is 0.433 e. The number of anilines is 4. The first-order chi connectivity index (χ1) is 29.3. The van der Waals surface area contributed by atoms with Crippen LogP contribution in [0.25, 0.3) is 17.2 Å². The van der Waals surface area contributed by atoms with Gasteiger partial charge in [-0.25, -0.2) is 28.8 Å². The van der Waals surface area contributed by atoms with Crippen LogP contribution in [0.1, 0.15) is 43.8 Å². The Hall–Kier alpha value is -7.45. The van der Waals surface area contributed by atoms with Crippen LogP contribution >= 0.6 is 0 Å². The molecule has 7 heterocycles. The van der Waals surface area contributed by atoms with Gasteiger partial charge >= 0.3 is 18.2 Å². The molecule has 0 bridgehead atoms. The number of nitrogens with zero attached hydrogens (tertiary/aromatic N) is 12. The lowest BCUT2D eigenvalue weighted by molar-refractivity contribution is -0.141. The summed E-state index contributed by atoms with van der Waals surface area (Å²) in [5, 5.41) is 37.7. The highest BCUT2D eigenvalue weighted by Crippen LogP contribution is 2.37. The zero-order valence-corrected chi connectivity index (χ0v) is 33.3. The molecule has 0 aromatic carbocycles. The minimum Gasteiger partial charge on any atom is -0.375 e. The fourth-order valence-corrected chi connectivity index (χ4v) is 7.11. The monoisotopic (exact) mass is 840 g/mol. The lowest BCUT2D eigenvalue weighted by Crippen LogP contribution is -2.45. The van der Waals surface area contributed by atoms with Gasteiger partial charge in [-0.3, -0.25) is 4.98 Å². The molecule has 20 nitrogen and oxygen atoms in total. The number of pyridine rings is 2. The summed E-state index contributed by atoms with van der Waals surface area (Å²) in [5.74, 6) is 0.414. The van der Waals surface area contributed by atoms with Crippen molar-refractivity contribution in [3.8, 4) is 11.9 Å². The molecule has 3 unspecified atom stereocenters. The van der Waals surface area contributed by atoms with Crippen molar-refractivity contribution in [2.75, 3.05) is 48.2 Å². The highest BCUT2D eigenvalue weighted by atomic mass is 19.4. The Kier molecular flexibility index (Phi) is 11.9. The predicted molar refractivity (Wildman–Crippen MR) is 213 cm³/mol. The van der Waals surface area contributed by atoms with E-state index in [1.807, 2.05) is 37.8 Å². The van der Waals surface area contributed by atoms with Crippen LogP contribution in [0, 0.1) is 23.2 Å². The van der Waals surface area contributed by atoms with Gasteiger partial charge in [-0.2, -0.15) is 38.8 Å². The zero-order chi connectivity index (χ0) is 43.4. The number of aromatic nitrogens is 10. The Balaban J connectivity index is 1.15. The number of alkyl halides is 3. The summed E-state index contributed by atoms with van der Waals surface area (Å²) in [6.45, 7) is 6.25. The van der Waals surface area contributed by atoms with Gasteiger partial charge in [-0.05, 0) is 24.1 Å². The minimum atomic E-state index is -4.71. The van der Waals surface area contributed by atoms with Crippen LogP contribution in [0.4, 0.5) is 45.6 Å². The fourth-order valence-electron chi connectivity index (χ4n) is 7.11. The van der Waals surface area contributed by atoms with E-state index in [1.54, 1.807) is 34.8 Å². The molecule has 3 atom stereocenters. The van der Waals surface area contributed by atoms with Crippen molar-refractivity contribution in [1.82, 2.24) is 54.7 Å². The first kappa shape index (κ1) is 41.7. The van der Waals surface area contributed by atoms with Crippen molar-refractivity contribution in [2.24, 2.45) is 11.8 Å². The Morgan fingerprint density at radius 1 is 0.836 bits per heavy atom. The third kappa shape index (κ3) is 8.80. The van der Waals surface area contributed by atoms with E-state index in [0.717, 1.165) is 12.3 Å². The van der Waals surface area contributed by atoms with Gasteiger partial charge in [0.15, 0.2) is 11.5 Å². The molecule has 316 valence electrons. The van der Waals surface area contributed by atoms with Crippen molar-refractivity contribution in [1.29, 1.82) is 5.26 Å². The molecule has 4 amide bonds. The molecule has 23 heteroatoms. The molecular formula is C38H39F3N16O4. The molecule has 6 aromatic heterocycles. The smallest absolute Gasteiger partial charge is 0.375 e. The Morgan fingerprint density at radius 3 is 2.26 bits per heavy atom. The summed E-state index contributed by atoms with van der Waals surface area (Å²) in [7, 11) is 3.07. The van der Waals surface area contributed by atoms with Crippen LogP contribution in [-0.2, 0) is 15.7 Å².